The molecule has 148 valence electrons. The second-order valence-electron chi connectivity index (χ2n) is 7.26. The van der Waals surface area contributed by atoms with Crippen LogP contribution >= 0.6 is 0 Å². The Morgan fingerprint density at radius 1 is 0.893 bits per heavy atom. The molecule has 2 saturated heterocycles. The standard InChI is InChI=1S/C20H25N5O3/c1-22-6-8-24(9-7-22)19(26)16-4-5-18(21-15-16)23-10-12-25(13-11-23)20(27)17-3-2-14-28-17/h2-5,14-15H,6-13H2,1H3. The Morgan fingerprint density at radius 2 is 1.57 bits per heavy atom. The van der Waals surface area contributed by atoms with Crippen molar-refractivity contribution >= 4 is 17.6 Å². The zero-order valence-corrected chi connectivity index (χ0v) is 16.1. The minimum Gasteiger partial charge on any atom is -0.459 e. The number of hydrogen-bond acceptors (Lipinski definition) is 6. The summed E-state index contributed by atoms with van der Waals surface area (Å²) in [7, 11) is 2.07. The van der Waals surface area contributed by atoms with Gasteiger partial charge in [0.15, 0.2) is 5.76 Å². The molecule has 4 rings (SSSR count). The number of nitrogens with zero attached hydrogens (tertiary/aromatic N) is 5. The van der Waals surface area contributed by atoms with E-state index in [2.05, 4.69) is 21.8 Å². The van der Waals surface area contributed by atoms with E-state index in [9.17, 15) is 9.59 Å². The van der Waals surface area contributed by atoms with Crippen LogP contribution in [0.5, 0.6) is 0 Å². The van der Waals surface area contributed by atoms with Crippen molar-refractivity contribution in [2.45, 2.75) is 0 Å². The average Bonchev–Trinajstić information content (AvgIpc) is 3.28. The normalized spacial score (nSPS) is 18.4. The second-order valence-corrected chi connectivity index (χ2v) is 7.26. The number of furan rings is 1. The van der Waals surface area contributed by atoms with Crippen molar-refractivity contribution < 1.29 is 14.0 Å². The maximum atomic E-state index is 12.6. The Labute approximate surface area is 164 Å². The summed E-state index contributed by atoms with van der Waals surface area (Å²) in [6, 6.07) is 7.15. The first-order chi connectivity index (χ1) is 13.6. The summed E-state index contributed by atoms with van der Waals surface area (Å²) in [5, 5.41) is 0. The van der Waals surface area contributed by atoms with E-state index in [0.29, 0.717) is 37.5 Å². The lowest BCUT2D eigenvalue weighted by Gasteiger charge is -2.35. The van der Waals surface area contributed by atoms with Crippen LogP contribution < -0.4 is 4.90 Å². The molecule has 28 heavy (non-hydrogen) atoms. The molecular weight excluding hydrogens is 358 g/mol. The maximum absolute atomic E-state index is 12.6. The SMILES string of the molecule is CN1CCN(C(=O)c2ccc(N3CCN(C(=O)c4ccco4)CC3)nc2)CC1. The molecule has 0 aromatic carbocycles. The number of likely N-dealkylation sites (N-methyl/N-ethyl adjacent to an activating group) is 1. The van der Waals surface area contributed by atoms with Crippen molar-refractivity contribution in [1.82, 2.24) is 19.7 Å². The molecule has 0 spiro atoms. The van der Waals surface area contributed by atoms with E-state index in [4.69, 9.17) is 4.42 Å². The summed E-state index contributed by atoms with van der Waals surface area (Å²) >= 11 is 0. The van der Waals surface area contributed by atoms with Gasteiger partial charge < -0.3 is 24.0 Å². The molecule has 2 fully saturated rings. The van der Waals surface area contributed by atoms with Crippen molar-refractivity contribution in [3.05, 3.63) is 48.0 Å². The smallest absolute Gasteiger partial charge is 0.289 e. The van der Waals surface area contributed by atoms with Crippen molar-refractivity contribution in [3.63, 3.8) is 0 Å². The predicted molar refractivity (Wildman–Crippen MR) is 104 cm³/mol. The number of hydrogen-bond donors (Lipinski definition) is 0. The van der Waals surface area contributed by atoms with E-state index >= 15 is 0 Å². The number of amides is 2. The number of piperazine rings is 2. The van der Waals surface area contributed by atoms with Crippen LogP contribution in [0, 0.1) is 0 Å². The Kier molecular flexibility index (Phi) is 5.29. The fourth-order valence-electron chi connectivity index (χ4n) is 3.59. The highest BCUT2D eigenvalue weighted by Gasteiger charge is 2.25. The van der Waals surface area contributed by atoms with Gasteiger partial charge in [-0.15, -0.1) is 0 Å². The lowest BCUT2D eigenvalue weighted by atomic mass is 10.2. The molecule has 2 aromatic rings. The summed E-state index contributed by atoms with van der Waals surface area (Å²) in [5.41, 5.74) is 0.625. The van der Waals surface area contributed by atoms with Gasteiger partial charge >= 0.3 is 0 Å². The van der Waals surface area contributed by atoms with Crippen molar-refractivity contribution in [2.24, 2.45) is 0 Å². The lowest BCUT2D eigenvalue weighted by molar-refractivity contribution is 0.0662. The maximum Gasteiger partial charge on any atom is 0.289 e. The molecule has 0 radical (unpaired) electrons. The predicted octanol–water partition coefficient (Wildman–Crippen LogP) is 1.02. The number of carbonyl (C=O) groups is 2. The molecule has 2 aromatic heterocycles. The van der Waals surface area contributed by atoms with Crippen LogP contribution in [-0.2, 0) is 0 Å². The van der Waals surface area contributed by atoms with Crippen molar-refractivity contribution in [1.29, 1.82) is 0 Å². The van der Waals surface area contributed by atoms with Crippen LogP contribution in [0.3, 0.4) is 0 Å². The summed E-state index contributed by atoms with van der Waals surface area (Å²) in [6.45, 7) is 5.94. The van der Waals surface area contributed by atoms with Gasteiger partial charge in [0.05, 0.1) is 11.8 Å². The third-order valence-electron chi connectivity index (χ3n) is 5.41. The topological polar surface area (TPSA) is 73.1 Å². The van der Waals surface area contributed by atoms with Gasteiger partial charge in [0.25, 0.3) is 11.8 Å². The molecule has 0 saturated carbocycles. The van der Waals surface area contributed by atoms with E-state index in [1.807, 2.05) is 17.0 Å². The Morgan fingerprint density at radius 3 is 2.18 bits per heavy atom. The van der Waals surface area contributed by atoms with E-state index in [1.54, 1.807) is 23.2 Å². The molecule has 2 aliphatic rings. The number of carbonyl (C=O) groups excluding carboxylic acids is 2. The summed E-state index contributed by atoms with van der Waals surface area (Å²) < 4.78 is 5.20. The van der Waals surface area contributed by atoms with Crippen LogP contribution in [0.4, 0.5) is 5.82 Å². The first-order valence-corrected chi connectivity index (χ1v) is 9.63. The molecule has 0 atom stereocenters. The van der Waals surface area contributed by atoms with Crippen molar-refractivity contribution in [3.8, 4) is 0 Å². The van der Waals surface area contributed by atoms with Gasteiger partial charge in [0.2, 0.25) is 0 Å². The minimum atomic E-state index is -0.0780. The van der Waals surface area contributed by atoms with Crippen LogP contribution in [0.25, 0.3) is 0 Å². The third-order valence-corrected chi connectivity index (χ3v) is 5.41. The third kappa shape index (κ3) is 3.87. The molecule has 2 amide bonds. The van der Waals surface area contributed by atoms with E-state index in [-0.39, 0.29) is 11.8 Å². The van der Waals surface area contributed by atoms with Gasteiger partial charge in [-0.1, -0.05) is 0 Å². The Hall–Kier alpha value is -2.87. The largest absolute Gasteiger partial charge is 0.459 e. The minimum absolute atomic E-state index is 0.0426. The zero-order valence-electron chi connectivity index (χ0n) is 16.1. The van der Waals surface area contributed by atoms with Gasteiger partial charge in [-0.05, 0) is 31.3 Å². The molecule has 8 nitrogen and oxygen atoms in total. The summed E-state index contributed by atoms with van der Waals surface area (Å²) in [5.74, 6) is 1.17. The fourth-order valence-corrected chi connectivity index (χ4v) is 3.59. The van der Waals surface area contributed by atoms with Crippen LogP contribution in [-0.4, -0.2) is 90.9 Å². The molecule has 0 aliphatic carbocycles. The van der Waals surface area contributed by atoms with Crippen LogP contribution in [0.2, 0.25) is 0 Å². The molecule has 2 aliphatic heterocycles. The molecule has 0 bridgehead atoms. The summed E-state index contributed by atoms with van der Waals surface area (Å²) in [6.07, 6.45) is 3.18. The van der Waals surface area contributed by atoms with Crippen LogP contribution in [0.15, 0.2) is 41.1 Å². The van der Waals surface area contributed by atoms with E-state index in [0.717, 1.165) is 32.0 Å². The van der Waals surface area contributed by atoms with Gasteiger partial charge in [0.1, 0.15) is 5.82 Å². The van der Waals surface area contributed by atoms with Gasteiger partial charge in [-0.25, -0.2) is 4.98 Å². The molecule has 0 unspecified atom stereocenters. The molecular formula is C20H25N5O3. The first-order valence-electron chi connectivity index (χ1n) is 9.63. The number of aromatic nitrogens is 1. The van der Waals surface area contributed by atoms with E-state index < -0.39 is 0 Å². The summed E-state index contributed by atoms with van der Waals surface area (Å²) in [4.78, 5) is 37.5. The molecule has 0 N–H and O–H groups in total. The zero-order chi connectivity index (χ0) is 19.5. The van der Waals surface area contributed by atoms with Crippen molar-refractivity contribution in [2.75, 3.05) is 64.3 Å². The highest BCUT2D eigenvalue weighted by atomic mass is 16.3. The highest BCUT2D eigenvalue weighted by molar-refractivity contribution is 5.94. The Balaban J connectivity index is 1.33. The number of pyridine rings is 1. The number of anilines is 1. The van der Waals surface area contributed by atoms with Gasteiger partial charge in [0, 0.05) is 58.6 Å². The lowest BCUT2D eigenvalue weighted by Crippen LogP contribution is -2.49. The van der Waals surface area contributed by atoms with E-state index in [1.165, 1.54) is 6.26 Å². The van der Waals surface area contributed by atoms with Gasteiger partial charge in [-0.3, -0.25) is 9.59 Å². The monoisotopic (exact) mass is 383 g/mol. The fraction of sp³-hybridized carbons (Fsp3) is 0.450. The second kappa shape index (κ2) is 8.02. The molecule has 4 heterocycles. The quantitative estimate of drug-likeness (QED) is 0.788. The van der Waals surface area contributed by atoms with Gasteiger partial charge in [-0.2, -0.15) is 0 Å². The molecule has 8 heteroatoms. The Bertz CT molecular complexity index is 805. The van der Waals surface area contributed by atoms with Crippen LogP contribution in [0.1, 0.15) is 20.9 Å². The average molecular weight is 383 g/mol. The highest BCUT2D eigenvalue weighted by Crippen LogP contribution is 2.17. The number of rotatable bonds is 3. The first kappa shape index (κ1) is 18.5.